The van der Waals surface area contributed by atoms with Crippen molar-refractivity contribution >= 4 is 28.4 Å². The van der Waals surface area contributed by atoms with Gasteiger partial charge < -0.3 is 14.4 Å². The summed E-state index contributed by atoms with van der Waals surface area (Å²) in [7, 11) is 1.17. The van der Waals surface area contributed by atoms with E-state index in [1.165, 1.54) is 7.11 Å². The molecule has 1 heterocycles. The second-order valence-electron chi connectivity index (χ2n) is 8.08. The molecule has 2 aromatic rings. The molecule has 1 amide bonds. The second kappa shape index (κ2) is 8.23. The van der Waals surface area contributed by atoms with Crippen LogP contribution in [-0.4, -0.2) is 42.8 Å². The van der Waals surface area contributed by atoms with Crippen molar-refractivity contribution in [2.45, 2.75) is 39.0 Å². The molecule has 0 bridgehead atoms. The molecule has 0 spiro atoms. The molecule has 0 radical (unpaired) electrons. The van der Waals surface area contributed by atoms with Crippen molar-refractivity contribution in [3.8, 4) is 0 Å². The largest absolute Gasteiger partial charge is 0.467 e. The first-order chi connectivity index (χ1) is 13.7. The van der Waals surface area contributed by atoms with Crippen LogP contribution in [0.2, 0.25) is 0 Å². The first-order valence-electron chi connectivity index (χ1n) is 9.61. The third-order valence-corrected chi connectivity index (χ3v) is 4.81. The van der Waals surface area contributed by atoms with Gasteiger partial charge in [0.2, 0.25) is 6.17 Å². The first kappa shape index (κ1) is 20.8. The van der Waals surface area contributed by atoms with Gasteiger partial charge in [0.15, 0.2) is 0 Å². The second-order valence-corrected chi connectivity index (χ2v) is 8.08. The molecule has 0 fully saturated rings. The third kappa shape index (κ3) is 4.75. The smallest absolute Gasteiger partial charge is 0.410 e. The fourth-order valence-corrected chi connectivity index (χ4v) is 3.37. The van der Waals surface area contributed by atoms with Gasteiger partial charge in [-0.2, -0.15) is 0 Å². The molecule has 1 unspecified atom stereocenters. The Balaban J connectivity index is 1.88. The molecule has 5 nitrogen and oxygen atoms in total. The summed E-state index contributed by atoms with van der Waals surface area (Å²) in [6.07, 6.45) is 0.521. The highest BCUT2D eigenvalue weighted by atomic mass is 19.1. The molecule has 0 saturated carbocycles. The van der Waals surface area contributed by atoms with Gasteiger partial charge in [0, 0.05) is 13.1 Å². The molecule has 3 rings (SSSR count). The Morgan fingerprint density at radius 2 is 1.93 bits per heavy atom. The van der Waals surface area contributed by atoms with E-state index in [0.717, 1.165) is 21.9 Å². The summed E-state index contributed by atoms with van der Waals surface area (Å²) in [5, 5.41) is 1.83. The Hall–Kier alpha value is -2.89. The number of esters is 1. The molecule has 0 aromatic heterocycles. The average molecular weight is 399 g/mol. The summed E-state index contributed by atoms with van der Waals surface area (Å²) in [5.41, 5.74) is 1.80. The van der Waals surface area contributed by atoms with Crippen LogP contribution in [-0.2, 0) is 14.3 Å². The normalized spacial score (nSPS) is 15.6. The molecule has 2 aromatic carbocycles. The Kier molecular flexibility index (Phi) is 5.91. The molecule has 0 aliphatic carbocycles. The van der Waals surface area contributed by atoms with E-state index in [2.05, 4.69) is 4.74 Å². The van der Waals surface area contributed by atoms with Crippen LogP contribution in [0, 0.1) is 0 Å². The number of hydrogen-bond donors (Lipinski definition) is 0. The minimum absolute atomic E-state index is 0.267. The number of halogens is 1. The molecule has 154 valence electrons. The van der Waals surface area contributed by atoms with Crippen LogP contribution in [0.3, 0.4) is 0 Å². The summed E-state index contributed by atoms with van der Waals surface area (Å²) < 4.78 is 24.3. The number of methoxy groups -OCH3 is 1. The monoisotopic (exact) mass is 399 g/mol. The van der Waals surface area contributed by atoms with Crippen LogP contribution in [0.25, 0.3) is 16.3 Å². The SMILES string of the molecule is COC(=O)C(F)c1ccc2cccc(C3=CCN(C(=O)OC(C)(C)C)CC3)c2c1. The van der Waals surface area contributed by atoms with Crippen LogP contribution in [0.15, 0.2) is 42.5 Å². The van der Waals surface area contributed by atoms with Gasteiger partial charge in [0.05, 0.1) is 7.11 Å². The molecule has 1 aliphatic heterocycles. The summed E-state index contributed by atoms with van der Waals surface area (Å²) in [5.74, 6) is -0.910. The van der Waals surface area contributed by atoms with Gasteiger partial charge in [0.25, 0.3) is 0 Å². The van der Waals surface area contributed by atoms with Crippen molar-refractivity contribution in [2.75, 3.05) is 20.2 Å². The van der Waals surface area contributed by atoms with E-state index in [1.54, 1.807) is 23.1 Å². The van der Waals surface area contributed by atoms with Crippen LogP contribution >= 0.6 is 0 Å². The highest BCUT2D eigenvalue weighted by Crippen LogP contribution is 2.32. The van der Waals surface area contributed by atoms with E-state index in [-0.39, 0.29) is 11.7 Å². The van der Waals surface area contributed by atoms with Crippen molar-refractivity contribution < 1.29 is 23.5 Å². The number of nitrogens with zero attached hydrogens (tertiary/aromatic N) is 1. The Labute approximate surface area is 170 Å². The molecule has 1 atom stereocenters. The number of hydrogen-bond acceptors (Lipinski definition) is 4. The maximum atomic E-state index is 14.4. The number of fused-ring (bicyclic) bond motifs is 1. The molecule has 6 heteroatoms. The van der Waals surface area contributed by atoms with Crippen molar-refractivity contribution in [1.29, 1.82) is 0 Å². The maximum absolute atomic E-state index is 14.4. The zero-order chi connectivity index (χ0) is 21.2. The van der Waals surface area contributed by atoms with E-state index in [4.69, 9.17) is 4.74 Å². The van der Waals surface area contributed by atoms with Gasteiger partial charge in [-0.15, -0.1) is 0 Å². The fourth-order valence-electron chi connectivity index (χ4n) is 3.37. The van der Waals surface area contributed by atoms with Crippen molar-refractivity contribution in [2.24, 2.45) is 0 Å². The quantitative estimate of drug-likeness (QED) is 0.678. The minimum atomic E-state index is -1.82. The van der Waals surface area contributed by atoms with Gasteiger partial charge in [-0.3, -0.25) is 0 Å². The zero-order valence-electron chi connectivity index (χ0n) is 17.2. The molecular weight excluding hydrogens is 373 g/mol. The number of carbonyl (C=O) groups excluding carboxylic acids is 2. The lowest BCUT2D eigenvalue weighted by Gasteiger charge is -2.30. The predicted molar refractivity (Wildman–Crippen MR) is 110 cm³/mol. The van der Waals surface area contributed by atoms with E-state index in [1.807, 2.05) is 45.0 Å². The Morgan fingerprint density at radius 3 is 2.55 bits per heavy atom. The number of amides is 1. The Morgan fingerprint density at radius 1 is 1.17 bits per heavy atom. The molecule has 1 aliphatic rings. The van der Waals surface area contributed by atoms with Crippen molar-refractivity contribution in [1.82, 2.24) is 4.90 Å². The molecule has 29 heavy (non-hydrogen) atoms. The lowest BCUT2D eigenvalue weighted by molar-refractivity contribution is -0.146. The first-order valence-corrected chi connectivity index (χ1v) is 9.61. The zero-order valence-corrected chi connectivity index (χ0v) is 17.2. The van der Waals surface area contributed by atoms with E-state index in [9.17, 15) is 14.0 Å². The van der Waals surface area contributed by atoms with E-state index < -0.39 is 17.7 Å². The van der Waals surface area contributed by atoms with Crippen LogP contribution in [0.4, 0.5) is 9.18 Å². The fraction of sp³-hybridized carbons (Fsp3) is 0.391. The summed E-state index contributed by atoms with van der Waals surface area (Å²) in [6.45, 7) is 6.53. The highest BCUT2D eigenvalue weighted by Gasteiger charge is 2.25. The van der Waals surface area contributed by atoms with Crippen molar-refractivity contribution in [3.63, 3.8) is 0 Å². The maximum Gasteiger partial charge on any atom is 0.410 e. The third-order valence-electron chi connectivity index (χ3n) is 4.81. The molecular formula is C23H26FNO4. The van der Waals surface area contributed by atoms with Crippen LogP contribution < -0.4 is 0 Å². The topological polar surface area (TPSA) is 55.8 Å². The minimum Gasteiger partial charge on any atom is -0.467 e. The van der Waals surface area contributed by atoms with Gasteiger partial charge in [-0.05, 0) is 60.7 Å². The number of rotatable bonds is 3. The summed E-state index contributed by atoms with van der Waals surface area (Å²) >= 11 is 0. The predicted octanol–water partition coefficient (Wildman–Crippen LogP) is 5.05. The number of alkyl halides is 1. The Bertz CT molecular complexity index is 961. The highest BCUT2D eigenvalue weighted by molar-refractivity contribution is 5.95. The summed E-state index contributed by atoms with van der Waals surface area (Å²) in [4.78, 5) is 25.5. The van der Waals surface area contributed by atoms with Crippen LogP contribution in [0.1, 0.15) is 44.5 Å². The van der Waals surface area contributed by atoms with Gasteiger partial charge in [0.1, 0.15) is 5.60 Å². The van der Waals surface area contributed by atoms with Gasteiger partial charge >= 0.3 is 12.1 Å². The number of carbonyl (C=O) groups is 2. The van der Waals surface area contributed by atoms with E-state index in [0.29, 0.717) is 19.5 Å². The van der Waals surface area contributed by atoms with E-state index >= 15 is 0 Å². The lowest BCUT2D eigenvalue weighted by atomic mass is 9.92. The van der Waals surface area contributed by atoms with Gasteiger partial charge in [-0.25, -0.2) is 14.0 Å². The average Bonchev–Trinajstić information content (AvgIpc) is 2.70. The molecule has 0 saturated heterocycles. The van der Waals surface area contributed by atoms with Gasteiger partial charge in [-0.1, -0.05) is 36.4 Å². The standard InChI is InChI=1S/C23H26FNO4/c1-23(2,3)29-22(27)25-12-10-16(11-13-25)18-7-5-6-15-8-9-17(14-19(15)18)20(24)21(26)28-4/h5-10,14,20H,11-13H2,1-4H3. The number of benzene rings is 2. The molecule has 0 N–H and O–H groups in total. The van der Waals surface area contributed by atoms with Crippen molar-refractivity contribution in [3.05, 3.63) is 53.6 Å². The summed E-state index contributed by atoms with van der Waals surface area (Å²) in [6, 6.07) is 11.0. The van der Waals surface area contributed by atoms with Crippen LogP contribution in [0.5, 0.6) is 0 Å². The number of ether oxygens (including phenoxy) is 2. The lowest BCUT2D eigenvalue weighted by Crippen LogP contribution is -2.39.